The monoisotopic (exact) mass is 239 g/mol. The molecule has 1 heteroatoms. The normalized spacial score (nSPS) is 25.6. The van der Waals surface area contributed by atoms with E-state index < -0.39 is 0 Å². The fourth-order valence-corrected chi connectivity index (χ4v) is 3.90. The van der Waals surface area contributed by atoms with E-state index in [0.717, 1.165) is 18.4 Å². The Bertz CT molecular complexity index is 228. The fraction of sp³-hybridized carbons (Fsp3) is 1.00. The maximum absolute atomic E-state index is 3.75. The summed E-state index contributed by atoms with van der Waals surface area (Å²) in [5.41, 5.74) is 1.01. The Morgan fingerprint density at radius 2 is 1.59 bits per heavy atom. The largest absolute Gasteiger partial charge is 0.314 e. The van der Waals surface area contributed by atoms with Gasteiger partial charge in [0.15, 0.2) is 0 Å². The van der Waals surface area contributed by atoms with E-state index in [9.17, 15) is 0 Å². The zero-order valence-electron chi connectivity index (χ0n) is 13.1. The second-order valence-corrected chi connectivity index (χ2v) is 7.21. The zero-order valence-corrected chi connectivity index (χ0v) is 13.1. The molecule has 1 fully saturated rings. The second-order valence-electron chi connectivity index (χ2n) is 7.21. The molecule has 1 nitrogen and oxygen atoms in total. The van der Waals surface area contributed by atoms with Gasteiger partial charge in [-0.3, -0.25) is 0 Å². The Hall–Kier alpha value is -0.0400. The molecule has 2 unspecified atom stereocenters. The molecule has 0 amide bonds. The van der Waals surface area contributed by atoms with Crippen LogP contribution < -0.4 is 5.32 Å². The van der Waals surface area contributed by atoms with Gasteiger partial charge < -0.3 is 5.32 Å². The molecule has 1 aliphatic rings. The van der Waals surface area contributed by atoms with Crippen LogP contribution in [-0.2, 0) is 0 Å². The molecule has 17 heavy (non-hydrogen) atoms. The molecular weight excluding hydrogens is 206 g/mol. The van der Waals surface area contributed by atoms with Crippen molar-refractivity contribution in [2.24, 2.45) is 22.7 Å². The summed E-state index contributed by atoms with van der Waals surface area (Å²) in [7, 11) is 0. The standard InChI is InChI=1S/C16H33N/c1-8-10-12(3)11-13(17-9-2)14-15(4,5)16(14,6)7/h12-14,17H,8-11H2,1-7H3. The van der Waals surface area contributed by atoms with E-state index in [2.05, 4.69) is 53.8 Å². The van der Waals surface area contributed by atoms with Gasteiger partial charge in [-0.1, -0.05) is 61.3 Å². The molecule has 0 saturated heterocycles. The van der Waals surface area contributed by atoms with E-state index in [1.165, 1.54) is 19.3 Å². The molecule has 102 valence electrons. The van der Waals surface area contributed by atoms with Crippen LogP contribution >= 0.6 is 0 Å². The molecule has 0 spiro atoms. The van der Waals surface area contributed by atoms with Crippen molar-refractivity contribution >= 4 is 0 Å². The molecule has 1 aliphatic carbocycles. The third-order valence-corrected chi connectivity index (χ3v) is 5.44. The Kier molecular flexibility index (Phi) is 4.68. The van der Waals surface area contributed by atoms with Gasteiger partial charge in [0, 0.05) is 6.04 Å². The Balaban J connectivity index is 2.62. The highest BCUT2D eigenvalue weighted by Gasteiger charge is 2.66. The third kappa shape index (κ3) is 2.86. The smallest absolute Gasteiger partial charge is 0.0108 e. The first-order valence-electron chi connectivity index (χ1n) is 7.52. The lowest BCUT2D eigenvalue weighted by Gasteiger charge is -2.23. The zero-order chi connectivity index (χ0) is 13.3. The van der Waals surface area contributed by atoms with Gasteiger partial charge in [0.2, 0.25) is 0 Å². The minimum atomic E-state index is 0.506. The molecule has 0 aromatic carbocycles. The van der Waals surface area contributed by atoms with Crippen molar-refractivity contribution in [2.75, 3.05) is 6.54 Å². The van der Waals surface area contributed by atoms with Crippen molar-refractivity contribution in [3.8, 4) is 0 Å². The van der Waals surface area contributed by atoms with Crippen LogP contribution in [0.5, 0.6) is 0 Å². The fourth-order valence-electron chi connectivity index (χ4n) is 3.90. The van der Waals surface area contributed by atoms with Gasteiger partial charge >= 0.3 is 0 Å². The third-order valence-electron chi connectivity index (χ3n) is 5.44. The summed E-state index contributed by atoms with van der Waals surface area (Å²) in [6.45, 7) is 17.8. The highest BCUT2D eigenvalue weighted by Crippen LogP contribution is 2.70. The summed E-state index contributed by atoms with van der Waals surface area (Å²) < 4.78 is 0. The summed E-state index contributed by atoms with van der Waals surface area (Å²) in [5, 5.41) is 3.75. The number of rotatable bonds is 7. The predicted octanol–water partition coefficient (Wildman–Crippen LogP) is 4.47. The van der Waals surface area contributed by atoms with Gasteiger partial charge in [0.25, 0.3) is 0 Å². The van der Waals surface area contributed by atoms with Gasteiger partial charge in [0.1, 0.15) is 0 Å². The van der Waals surface area contributed by atoms with Crippen LogP contribution in [0.2, 0.25) is 0 Å². The molecule has 0 heterocycles. The molecule has 0 bridgehead atoms. The molecule has 1 N–H and O–H groups in total. The first-order chi connectivity index (χ1) is 7.79. The van der Waals surface area contributed by atoms with Crippen LogP contribution in [0.1, 0.15) is 67.7 Å². The first-order valence-corrected chi connectivity index (χ1v) is 7.52. The van der Waals surface area contributed by atoms with Gasteiger partial charge in [0.05, 0.1) is 0 Å². The Labute approximate surface area is 109 Å². The quantitative estimate of drug-likeness (QED) is 0.691. The Morgan fingerprint density at radius 3 is 1.94 bits per heavy atom. The maximum atomic E-state index is 3.75. The molecule has 0 aliphatic heterocycles. The van der Waals surface area contributed by atoms with E-state index in [1.807, 2.05) is 0 Å². The minimum absolute atomic E-state index is 0.506. The maximum Gasteiger partial charge on any atom is 0.0108 e. The SMILES string of the molecule is CCCC(C)CC(NCC)C1C(C)(C)C1(C)C. The molecule has 1 saturated carbocycles. The summed E-state index contributed by atoms with van der Waals surface area (Å²) in [5.74, 6) is 1.70. The van der Waals surface area contributed by atoms with Crippen LogP contribution in [0.25, 0.3) is 0 Å². The van der Waals surface area contributed by atoms with E-state index in [0.29, 0.717) is 16.9 Å². The van der Waals surface area contributed by atoms with Gasteiger partial charge in [-0.2, -0.15) is 0 Å². The lowest BCUT2D eigenvalue weighted by molar-refractivity contribution is 0.324. The van der Waals surface area contributed by atoms with E-state index >= 15 is 0 Å². The van der Waals surface area contributed by atoms with E-state index in [-0.39, 0.29) is 0 Å². The van der Waals surface area contributed by atoms with Crippen LogP contribution in [0.4, 0.5) is 0 Å². The van der Waals surface area contributed by atoms with Crippen molar-refractivity contribution in [2.45, 2.75) is 73.8 Å². The highest BCUT2D eigenvalue weighted by atomic mass is 15.0. The number of hydrogen-bond acceptors (Lipinski definition) is 1. The van der Waals surface area contributed by atoms with Gasteiger partial charge in [-0.05, 0) is 35.6 Å². The van der Waals surface area contributed by atoms with Crippen LogP contribution in [0.3, 0.4) is 0 Å². The lowest BCUT2D eigenvalue weighted by Crippen LogP contribution is -2.34. The molecule has 0 radical (unpaired) electrons. The minimum Gasteiger partial charge on any atom is -0.314 e. The average molecular weight is 239 g/mol. The second kappa shape index (κ2) is 5.30. The first kappa shape index (κ1) is 15.0. The average Bonchev–Trinajstić information content (AvgIpc) is 2.57. The highest BCUT2D eigenvalue weighted by molar-refractivity contribution is 5.16. The summed E-state index contributed by atoms with van der Waals surface area (Å²) in [6.07, 6.45) is 4.03. The summed E-state index contributed by atoms with van der Waals surface area (Å²) in [4.78, 5) is 0. The van der Waals surface area contributed by atoms with E-state index in [4.69, 9.17) is 0 Å². The molecular formula is C16H33N. The van der Waals surface area contributed by atoms with Gasteiger partial charge in [-0.15, -0.1) is 0 Å². The van der Waals surface area contributed by atoms with Crippen molar-refractivity contribution in [3.05, 3.63) is 0 Å². The summed E-state index contributed by atoms with van der Waals surface area (Å²) in [6, 6.07) is 0.714. The lowest BCUT2D eigenvalue weighted by atomic mass is 9.91. The molecule has 0 aromatic rings. The molecule has 0 aromatic heterocycles. The molecule has 1 rings (SSSR count). The van der Waals surface area contributed by atoms with Gasteiger partial charge in [-0.25, -0.2) is 0 Å². The van der Waals surface area contributed by atoms with Crippen LogP contribution in [-0.4, -0.2) is 12.6 Å². The van der Waals surface area contributed by atoms with Crippen molar-refractivity contribution in [1.29, 1.82) is 0 Å². The van der Waals surface area contributed by atoms with Crippen molar-refractivity contribution < 1.29 is 0 Å². The topological polar surface area (TPSA) is 12.0 Å². The Morgan fingerprint density at radius 1 is 1.06 bits per heavy atom. The number of hydrogen-bond donors (Lipinski definition) is 1. The van der Waals surface area contributed by atoms with Crippen LogP contribution in [0, 0.1) is 22.7 Å². The van der Waals surface area contributed by atoms with E-state index in [1.54, 1.807) is 0 Å². The summed E-state index contributed by atoms with van der Waals surface area (Å²) >= 11 is 0. The van der Waals surface area contributed by atoms with Crippen LogP contribution in [0.15, 0.2) is 0 Å². The molecule has 2 atom stereocenters. The van der Waals surface area contributed by atoms with Crippen molar-refractivity contribution in [3.63, 3.8) is 0 Å². The number of nitrogens with one attached hydrogen (secondary N) is 1. The predicted molar refractivity (Wildman–Crippen MR) is 77.2 cm³/mol. The van der Waals surface area contributed by atoms with Crippen molar-refractivity contribution in [1.82, 2.24) is 5.32 Å².